The summed E-state index contributed by atoms with van der Waals surface area (Å²) in [5, 5.41) is 0. The third-order valence-electron chi connectivity index (χ3n) is 7.95. The predicted octanol–water partition coefficient (Wildman–Crippen LogP) is 4.75. The molecule has 5 rings (SSSR count). The van der Waals surface area contributed by atoms with Crippen LogP contribution in [0, 0.1) is 17.3 Å². The number of hydrogen-bond donors (Lipinski definition) is 0. The minimum atomic E-state index is 0. The van der Waals surface area contributed by atoms with Crippen molar-refractivity contribution in [1.29, 1.82) is 0 Å². The molecule has 1 aromatic rings. The first-order valence-electron chi connectivity index (χ1n) is 11.5. The number of allylic oxidation sites excluding steroid dienone is 5. The number of benzene rings is 1. The zero-order chi connectivity index (χ0) is 21.0. The minimum absolute atomic E-state index is 0. The molecule has 0 radical (unpaired) electrons. The summed E-state index contributed by atoms with van der Waals surface area (Å²) in [6, 6.07) is 0. The molecule has 4 aliphatic carbocycles. The van der Waals surface area contributed by atoms with Crippen molar-refractivity contribution in [3.05, 3.63) is 63.6 Å². The molecule has 1 heteroatoms. The third kappa shape index (κ3) is 3.17. The maximum atomic E-state index is 2.59. The first-order valence-corrected chi connectivity index (χ1v) is 11.5. The molecule has 0 unspecified atom stereocenters. The molecule has 0 fully saturated rings. The van der Waals surface area contributed by atoms with Crippen LogP contribution in [0.1, 0.15) is 102 Å². The van der Waals surface area contributed by atoms with Crippen molar-refractivity contribution >= 4 is 11.6 Å². The Morgan fingerprint density at radius 3 is 2.10 bits per heavy atom. The van der Waals surface area contributed by atoms with Crippen LogP contribution >= 0.6 is 0 Å². The van der Waals surface area contributed by atoms with Gasteiger partial charge in [-0.05, 0) is 74.5 Å². The van der Waals surface area contributed by atoms with Crippen LogP contribution in [-0.2, 0) is 23.7 Å². The summed E-state index contributed by atoms with van der Waals surface area (Å²) >= 11 is 0. The Kier molecular flexibility index (Phi) is 4.84. The molecule has 0 heterocycles. The maximum absolute atomic E-state index is 2.59. The first-order chi connectivity index (χ1) is 13.3. The average molecular weight is 393 g/mol. The van der Waals surface area contributed by atoms with Crippen LogP contribution in [0.25, 0.3) is 11.6 Å². The molecule has 0 bridgehead atoms. The van der Waals surface area contributed by atoms with Gasteiger partial charge in [0, 0.05) is 0 Å². The van der Waals surface area contributed by atoms with E-state index in [1.165, 1.54) is 6.42 Å². The van der Waals surface area contributed by atoms with Gasteiger partial charge in [0.1, 0.15) is 0 Å². The Bertz CT molecular complexity index is 1020. The van der Waals surface area contributed by atoms with E-state index in [1.54, 1.807) is 44.5 Å². The SMILES string of the molecule is CC1(C)C=CC2=C(C1)c1c3c(c4c(c1C2)C(C)(C)[CH-]CC4(C)C)C=CC(C)(C)C3.[Li+]. The van der Waals surface area contributed by atoms with Gasteiger partial charge in [0.2, 0.25) is 0 Å². The Labute approximate surface area is 196 Å². The Balaban J connectivity index is 0.00000218. The summed E-state index contributed by atoms with van der Waals surface area (Å²) in [4.78, 5) is 0. The Morgan fingerprint density at radius 2 is 1.40 bits per heavy atom. The van der Waals surface area contributed by atoms with E-state index in [0.717, 1.165) is 19.3 Å². The molecule has 0 saturated carbocycles. The van der Waals surface area contributed by atoms with Gasteiger partial charge in [-0.3, -0.25) is 0 Å². The first kappa shape index (κ1) is 22.2. The van der Waals surface area contributed by atoms with Gasteiger partial charge < -0.3 is 6.42 Å². The second-order valence-corrected chi connectivity index (χ2v) is 12.7. The van der Waals surface area contributed by atoms with E-state index in [4.69, 9.17) is 0 Å². The van der Waals surface area contributed by atoms with E-state index in [-0.39, 0.29) is 40.5 Å². The van der Waals surface area contributed by atoms with Gasteiger partial charge in [-0.25, -0.2) is 0 Å². The van der Waals surface area contributed by atoms with E-state index in [1.807, 2.05) is 0 Å². The standard InChI is InChI=1S/C29H37.Li/c1-26(2)11-9-18-15-20-23(21(18)16-26)22-17-27(3,4)12-10-19(22)24-25(20)29(7,8)14-13-28(24,5)6;/h9-12,14H,13,15-17H2,1-8H3;/q-1;+1. The number of fused-ring (bicyclic) bond motifs is 7. The van der Waals surface area contributed by atoms with Crippen LogP contribution in [-0.4, -0.2) is 0 Å². The van der Waals surface area contributed by atoms with Crippen LogP contribution in [0.4, 0.5) is 0 Å². The van der Waals surface area contributed by atoms with Gasteiger partial charge in [-0.2, -0.15) is 6.42 Å². The molecule has 1 aromatic carbocycles. The van der Waals surface area contributed by atoms with Crippen molar-refractivity contribution in [2.45, 2.75) is 91.9 Å². The van der Waals surface area contributed by atoms with Crippen LogP contribution in [0.3, 0.4) is 0 Å². The van der Waals surface area contributed by atoms with Crippen LogP contribution in [0.2, 0.25) is 0 Å². The fourth-order valence-corrected chi connectivity index (χ4v) is 6.40. The van der Waals surface area contributed by atoms with E-state index >= 15 is 0 Å². The Hall–Kier alpha value is -0.963. The second-order valence-electron chi connectivity index (χ2n) is 12.7. The molecule has 4 aliphatic rings. The quantitative estimate of drug-likeness (QED) is 0.442. The molecule has 154 valence electrons. The molecule has 0 spiro atoms. The fraction of sp³-hybridized carbons (Fsp3) is 0.552. The topological polar surface area (TPSA) is 0 Å². The zero-order valence-electron chi connectivity index (χ0n) is 20.7. The normalized spacial score (nSPS) is 25.7. The maximum Gasteiger partial charge on any atom is 1.00 e. The summed E-state index contributed by atoms with van der Waals surface area (Å²) in [7, 11) is 0. The van der Waals surface area contributed by atoms with Gasteiger partial charge in [0.15, 0.2) is 0 Å². The van der Waals surface area contributed by atoms with Gasteiger partial charge in [-0.1, -0.05) is 85.3 Å². The van der Waals surface area contributed by atoms with Crippen molar-refractivity contribution in [2.75, 3.05) is 0 Å². The number of rotatable bonds is 0. The van der Waals surface area contributed by atoms with E-state index < -0.39 is 0 Å². The minimum Gasteiger partial charge on any atom is -0.318 e. The second kappa shape index (κ2) is 6.53. The molecule has 0 saturated heterocycles. The van der Waals surface area contributed by atoms with Crippen molar-refractivity contribution in [1.82, 2.24) is 0 Å². The van der Waals surface area contributed by atoms with Crippen molar-refractivity contribution in [3.63, 3.8) is 0 Å². The largest absolute Gasteiger partial charge is 1.00 e. The molecule has 0 atom stereocenters. The summed E-state index contributed by atoms with van der Waals surface area (Å²) in [6.07, 6.45) is 17.1. The molecule has 0 amide bonds. The van der Waals surface area contributed by atoms with Crippen LogP contribution in [0.5, 0.6) is 0 Å². The summed E-state index contributed by atoms with van der Waals surface area (Å²) < 4.78 is 0. The molecule has 0 nitrogen and oxygen atoms in total. The summed E-state index contributed by atoms with van der Waals surface area (Å²) in [5.41, 5.74) is 13.9. The molecule has 0 N–H and O–H groups in total. The third-order valence-corrected chi connectivity index (χ3v) is 7.95. The van der Waals surface area contributed by atoms with E-state index in [2.05, 4.69) is 86.1 Å². The molecule has 30 heavy (non-hydrogen) atoms. The fourth-order valence-electron chi connectivity index (χ4n) is 6.40. The predicted molar refractivity (Wildman–Crippen MR) is 126 cm³/mol. The van der Waals surface area contributed by atoms with E-state index in [9.17, 15) is 0 Å². The van der Waals surface area contributed by atoms with Gasteiger partial charge in [0.05, 0.1) is 0 Å². The average Bonchev–Trinajstić information content (AvgIpc) is 2.94. The number of hydrogen-bond acceptors (Lipinski definition) is 0. The molecule has 0 aliphatic heterocycles. The smallest absolute Gasteiger partial charge is 0.318 e. The summed E-state index contributed by atoms with van der Waals surface area (Å²) in [5.74, 6) is 0. The van der Waals surface area contributed by atoms with Crippen molar-refractivity contribution in [2.24, 2.45) is 10.8 Å². The zero-order valence-corrected chi connectivity index (χ0v) is 20.7. The van der Waals surface area contributed by atoms with Crippen molar-refractivity contribution in [3.8, 4) is 0 Å². The monoisotopic (exact) mass is 392 g/mol. The molecular formula is C29H37Li. The van der Waals surface area contributed by atoms with E-state index in [0.29, 0.717) is 0 Å². The Morgan fingerprint density at radius 1 is 0.767 bits per heavy atom. The molecule has 0 aromatic heterocycles. The van der Waals surface area contributed by atoms with Crippen LogP contribution in [0.15, 0.2) is 23.8 Å². The molecular weight excluding hydrogens is 355 g/mol. The van der Waals surface area contributed by atoms with Gasteiger partial charge in [-0.15, -0.1) is 5.41 Å². The van der Waals surface area contributed by atoms with Crippen LogP contribution < -0.4 is 18.9 Å². The van der Waals surface area contributed by atoms with Gasteiger partial charge >= 0.3 is 18.9 Å². The van der Waals surface area contributed by atoms with Crippen molar-refractivity contribution < 1.29 is 18.9 Å². The summed E-state index contributed by atoms with van der Waals surface area (Å²) in [6.45, 7) is 19.4. The van der Waals surface area contributed by atoms with Gasteiger partial charge in [0.25, 0.3) is 0 Å².